The van der Waals surface area contributed by atoms with E-state index < -0.39 is 0 Å². The summed E-state index contributed by atoms with van der Waals surface area (Å²) in [4.78, 5) is 27.6. The molecule has 1 aliphatic heterocycles. The van der Waals surface area contributed by atoms with Gasteiger partial charge in [0.25, 0.3) is 11.8 Å². The normalized spacial score (nSPS) is 15.5. The van der Waals surface area contributed by atoms with Crippen LogP contribution in [0.25, 0.3) is 0 Å². The molecule has 4 rings (SSSR count). The summed E-state index contributed by atoms with van der Waals surface area (Å²) in [6.07, 6.45) is 1.58. The van der Waals surface area contributed by atoms with Crippen LogP contribution in [0.15, 0.2) is 42.5 Å². The van der Waals surface area contributed by atoms with Crippen LogP contribution in [0.3, 0.4) is 0 Å². The van der Waals surface area contributed by atoms with E-state index in [1.165, 1.54) is 11.3 Å². The first kappa shape index (κ1) is 22.0. The van der Waals surface area contributed by atoms with Crippen LogP contribution in [0.2, 0.25) is 5.02 Å². The fraction of sp³-hybridized carbons (Fsp3) is 0.273. The second kappa shape index (κ2) is 9.54. The second-order valence-corrected chi connectivity index (χ2v) is 8.61. The van der Waals surface area contributed by atoms with Crippen LogP contribution in [-0.4, -0.2) is 47.7 Å². The molecule has 0 saturated carbocycles. The van der Waals surface area contributed by atoms with E-state index in [4.69, 9.17) is 21.1 Å². The van der Waals surface area contributed by atoms with Crippen molar-refractivity contribution < 1.29 is 19.1 Å². The van der Waals surface area contributed by atoms with E-state index in [1.807, 2.05) is 0 Å². The van der Waals surface area contributed by atoms with Gasteiger partial charge >= 0.3 is 0 Å². The molecule has 0 radical (unpaired) electrons. The fourth-order valence-electron chi connectivity index (χ4n) is 3.58. The summed E-state index contributed by atoms with van der Waals surface area (Å²) in [5, 5.41) is 12.4. The van der Waals surface area contributed by atoms with Gasteiger partial charge < -0.3 is 19.7 Å². The number of amides is 2. The Morgan fingerprint density at radius 3 is 2.56 bits per heavy atom. The number of nitrogens with one attached hydrogen (secondary N) is 1. The lowest BCUT2D eigenvalue weighted by atomic mass is 10.1. The van der Waals surface area contributed by atoms with E-state index in [0.29, 0.717) is 39.3 Å². The molecular weight excluding hydrogens is 452 g/mol. The Morgan fingerprint density at radius 1 is 1.12 bits per heavy atom. The van der Waals surface area contributed by atoms with Crippen molar-refractivity contribution in [1.29, 1.82) is 0 Å². The molecule has 0 unspecified atom stereocenters. The highest BCUT2D eigenvalue weighted by Crippen LogP contribution is 2.36. The van der Waals surface area contributed by atoms with Gasteiger partial charge in [-0.3, -0.25) is 9.59 Å². The smallest absolute Gasteiger partial charge is 0.286 e. The molecule has 0 spiro atoms. The number of anilines is 1. The van der Waals surface area contributed by atoms with Crippen molar-refractivity contribution in [1.82, 2.24) is 15.1 Å². The van der Waals surface area contributed by atoms with Crippen LogP contribution in [0, 0.1) is 0 Å². The Hall–Kier alpha value is -3.17. The van der Waals surface area contributed by atoms with Crippen molar-refractivity contribution in [2.75, 3.05) is 26.1 Å². The van der Waals surface area contributed by atoms with E-state index in [0.717, 1.165) is 12.8 Å². The number of likely N-dealkylation sites (tertiary alicyclic amines) is 1. The lowest BCUT2D eigenvalue weighted by Crippen LogP contribution is -2.30. The van der Waals surface area contributed by atoms with E-state index >= 15 is 0 Å². The molecule has 1 atom stereocenters. The molecule has 1 aromatic heterocycles. The van der Waals surface area contributed by atoms with Gasteiger partial charge in [0.2, 0.25) is 5.01 Å². The molecule has 10 heteroatoms. The third-order valence-corrected chi connectivity index (χ3v) is 6.37. The number of carbonyl (C=O) groups is 2. The maximum atomic E-state index is 13.3. The Morgan fingerprint density at radius 2 is 1.88 bits per heavy atom. The largest absolute Gasteiger partial charge is 0.497 e. The number of hydrogen-bond acceptors (Lipinski definition) is 7. The Labute approximate surface area is 194 Å². The van der Waals surface area contributed by atoms with Crippen LogP contribution in [0.4, 0.5) is 5.69 Å². The third kappa shape index (κ3) is 4.68. The van der Waals surface area contributed by atoms with Crippen LogP contribution in [0.5, 0.6) is 11.5 Å². The summed E-state index contributed by atoms with van der Waals surface area (Å²) in [6, 6.07) is 11.7. The minimum Gasteiger partial charge on any atom is -0.497 e. The lowest BCUT2D eigenvalue weighted by molar-refractivity contribution is 0.0734. The molecule has 32 heavy (non-hydrogen) atoms. The van der Waals surface area contributed by atoms with Crippen molar-refractivity contribution >= 4 is 40.4 Å². The molecule has 1 N–H and O–H groups in total. The summed E-state index contributed by atoms with van der Waals surface area (Å²) in [7, 11) is 3.08. The molecule has 1 saturated heterocycles. The Balaban J connectivity index is 1.52. The summed E-state index contributed by atoms with van der Waals surface area (Å²) in [5.74, 6) is 0.563. The average Bonchev–Trinajstić information content (AvgIpc) is 3.48. The molecule has 3 aromatic rings. The number of halogens is 1. The molecule has 2 amide bonds. The maximum absolute atomic E-state index is 13.3. The van der Waals surface area contributed by atoms with Crippen LogP contribution in [0.1, 0.15) is 44.1 Å². The van der Waals surface area contributed by atoms with E-state index in [-0.39, 0.29) is 22.9 Å². The highest BCUT2D eigenvalue weighted by Gasteiger charge is 2.34. The standard InChI is InChI=1S/C22H21ClN4O4S/c1-30-16-9-13(10-17(12-16)31-2)22(29)27-8-4-7-18(27)20-25-26-21(32-20)19(28)24-15-6-3-5-14(23)11-15/h3,5-6,9-12,18H,4,7-8H2,1-2H3,(H,24,28)/t18-/m1/s1. The van der Waals surface area contributed by atoms with Gasteiger partial charge in [-0.25, -0.2) is 0 Å². The minimum atomic E-state index is -0.371. The van der Waals surface area contributed by atoms with Gasteiger partial charge in [-0.2, -0.15) is 0 Å². The zero-order valence-electron chi connectivity index (χ0n) is 17.5. The zero-order chi connectivity index (χ0) is 22.7. The highest BCUT2D eigenvalue weighted by atomic mass is 35.5. The lowest BCUT2D eigenvalue weighted by Gasteiger charge is -2.23. The van der Waals surface area contributed by atoms with Crippen molar-refractivity contribution in [3.8, 4) is 11.5 Å². The number of nitrogens with zero attached hydrogens (tertiary/aromatic N) is 3. The Bertz CT molecular complexity index is 1130. The van der Waals surface area contributed by atoms with Crippen LogP contribution in [-0.2, 0) is 0 Å². The van der Waals surface area contributed by atoms with Gasteiger partial charge in [0.1, 0.15) is 16.5 Å². The quantitative estimate of drug-likeness (QED) is 0.570. The first-order valence-electron chi connectivity index (χ1n) is 9.93. The fourth-order valence-corrected chi connectivity index (χ4v) is 4.65. The number of ether oxygens (including phenoxy) is 2. The monoisotopic (exact) mass is 472 g/mol. The van der Waals surface area contributed by atoms with E-state index in [2.05, 4.69) is 15.5 Å². The zero-order valence-corrected chi connectivity index (χ0v) is 19.1. The minimum absolute atomic E-state index is 0.148. The molecule has 2 heterocycles. The van der Waals surface area contributed by atoms with Crippen molar-refractivity contribution in [2.24, 2.45) is 0 Å². The summed E-state index contributed by atoms with van der Waals surface area (Å²) in [5.41, 5.74) is 1.04. The molecule has 0 bridgehead atoms. The summed E-state index contributed by atoms with van der Waals surface area (Å²) >= 11 is 7.15. The predicted octanol–water partition coefficient (Wildman–Crippen LogP) is 4.44. The summed E-state index contributed by atoms with van der Waals surface area (Å²) < 4.78 is 10.6. The highest BCUT2D eigenvalue weighted by molar-refractivity contribution is 7.13. The number of methoxy groups -OCH3 is 2. The third-order valence-electron chi connectivity index (χ3n) is 5.11. The second-order valence-electron chi connectivity index (χ2n) is 7.17. The number of benzene rings is 2. The van der Waals surface area contributed by atoms with Gasteiger partial charge in [-0.15, -0.1) is 10.2 Å². The van der Waals surface area contributed by atoms with Gasteiger partial charge in [-0.1, -0.05) is 29.0 Å². The van der Waals surface area contributed by atoms with Gasteiger partial charge in [-0.05, 0) is 43.2 Å². The van der Waals surface area contributed by atoms with Gasteiger partial charge in [0, 0.05) is 28.9 Å². The molecule has 2 aromatic carbocycles. The summed E-state index contributed by atoms with van der Waals surface area (Å²) in [6.45, 7) is 0.590. The first-order chi connectivity index (χ1) is 15.5. The molecule has 1 fully saturated rings. The number of rotatable bonds is 6. The van der Waals surface area contributed by atoms with Crippen LogP contribution >= 0.6 is 22.9 Å². The predicted molar refractivity (Wildman–Crippen MR) is 122 cm³/mol. The first-order valence-corrected chi connectivity index (χ1v) is 11.1. The van der Waals surface area contributed by atoms with Crippen molar-refractivity contribution in [3.05, 3.63) is 63.1 Å². The van der Waals surface area contributed by atoms with Crippen LogP contribution < -0.4 is 14.8 Å². The van der Waals surface area contributed by atoms with Crippen molar-refractivity contribution in [2.45, 2.75) is 18.9 Å². The van der Waals surface area contributed by atoms with Gasteiger partial charge in [0.05, 0.1) is 20.3 Å². The number of carbonyl (C=O) groups excluding carboxylic acids is 2. The van der Waals surface area contributed by atoms with E-state index in [1.54, 1.807) is 61.6 Å². The number of hydrogen-bond donors (Lipinski definition) is 1. The molecule has 1 aliphatic rings. The topological polar surface area (TPSA) is 93.7 Å². The van der Waals surface area contributed by atoms with Crippen molar-refractivity contribution in [3.63, 3.8) is 0 Å². The molecule has 0 aliphatic carbocycles. The van der Waals surface area contributed by atoms with Gasteiger partial charge in [0.15, 0.2) is 0 Å². The molecule has 166 valence electrons. The Kier molecular flexibility index (Phi) is 6.57. The molecule has 8 nitrogen and oxygen atoms in total. The SMILES string of the molecule is COc1cc(OC)cc(C(=O)N2CCC[C@@H]2c2nnc(C(=O)Nc3cccc(Cl)c3)s2)c1. The number of aromatic nitrogens is 2. The van der Waals surface area contributed by atoms with E-state index in [9.17, 15) is 9.59 Å². The molecular formula is C22H21ClN4O4S. The average molecular weight is 473 g/mol. The maximum Gasteiger partial charge on any atom is 0.286 e.